The average molecular weight is 729 g/mol. The Hall–Kier alpha value is -4.36. The maximum atomic E-state index is 14.9. The summed E-state index contributed by atoms with van der Waals surface area (Å²) in [7, 11) is 0. The Labute approximate surface area is 311 Å². The van der Waals surface area contributed by atoms with Gasteiger partial charge in [-0.05, 0) is 36.8 Å². The van der Waals surface area contributed by atoms with E-state index in [1.165, 1.54) is 4.90 Å². The molecule has 4 fully saturated rings. The second-order valence-electron chi connectivity index (χ2n) is 14.3. The number of fused-ring (bicyclic) bond motifs is 1. The number of aliphatic hydroxyl groups is 1. The minimum Gasteiger partial charge on any atom is -0.463 e. The number of hydrogen-bond donors (Lipinski definition) is 2. The van der Waals surface area contributed by atoms with Crippen molar-refractivity contribution < 1.29 is 38.5 Å². The van der Waals surface area contributed by atoms with E-state index in [-0.39, 0.29) is 38.0 Å². The van der Waals surface area contributed by atoms with Gasteiger partial charge in [-0.3, -0.25) is 24.1 Å². The highest BCUT2D eigenvalue weighted by Gasteiger charge is 2.75. The molecule has 4 heterocycles. The second-order valence-corrected chi connectivity index (χ2v) is 14.3. The lowest BCUT2D eigenvalue weighted by Gasteiger charge is -2.40. The van der Waals surface area contributed by atoms with Crippen LogP contribution in [-0.4, -0.2) is 126 Å². The molecule has 53 heavy (non-hydrogen) atoms. The van der Waals surface area contributed by atoms with E-state index in [0.717, 1.165) is 24.2 Å². The highest BCUT2D eigenvalue weighted by atomic mass is 16.5. The molecule has 12 nitrogen and oxygen atoms in total. The van der Waals surface area contributed by atoms with Crippen LogP contribution in [0.1, 0.15) is 42.9 Å². The van der Waals surface area contributed by atoms with E-state index in [9.17, 15) is 24.3 Å². The van der Waals surface area contributed by atoms with Crippen LogP contribution >= 0.6 is 0 Å². The molecule has 0 aliphatic carbocycles. The zero-order chi connectivity index (χ0) is 37.4. The van der Waals surface area contributed by atoms with Gasteiger partial charge in [0.2, 0.25) is 17.7 Å². The second kappa shape index (κ2) is 17.6. The summed E-state index contributed by atoms with van der Waals surface area (Å²) in [6.45, 7) is 11.2. The summed E-state index contributed by atoms with van der Waals surface area (Å²) < 4.78 is 17.8. The third-order valence-electron chi connectivity index (χ3n) is 11.1. The molecular formula is C41H52N4O8. The van der Waals surface area contributed by atoms with Gasteiger partial charge >= 0.3 is 5.97 Å². The summed E-state index contributed by atoms with van der Waals surface area (Å²) in [4.78, 5) is 62.3. The van der Waals surface area contributed by atoms with Gasteiger partial charge in [-0.2, -0.15) is 0 Å². The van der Waals surface area contributed by atoms with E-state index >= 15 is 0 Å². The largest absolute Gasteiger partial charge is 0.463 e. The first-order valence-electron chi connectivity index (χ1n) is 18.8. The first kappa shape index (κ1) is 38.4. The summed E-state index contributed by atoms with van der Waals surface area (Å²) >= 11 is 0. The quantitative estimate of drug-likeness (QED) is 0.175. The van der Waals surface area contributed by atoms with Gasteiger partial charge in [-0.25, -0.2) is 0 Å². The van der Waals surface area contributed by atoms with Gasteiger partial charge in [0.15, 0.2) is 0 Å². The molecule has 0 aromatic heterocycles. The maximum absolute atomic E-state index is 14.9. The number of ether oxygens (including phenoxy) is 3. The SMILES string of the molecule is C=CCCC(=O)OC[C@H](NC(=O)[C@@H]1[C@@H]2CC[C@]3(O2)[C@H](C(=O)N(CC=C)CCN2CCOCC2)N([C@@H](CO)Cc2ccccc2)C(=O)[C@@H]13)c1ccccc1. The number of carbonyl (C=O) groups is 4. The molecule has 4 saturated heterocycles. The number of carbonyl (C=O) groups excluding carboxylic acids is 4. The van der Waals surface area contributed by atoms with Crippen molar-refractivity contribution in [3.05, 3.63) is 97.1 Å². The fourth-order valence-corrected chi connectivity index (χ4v) is 8.55. The Balaban J connectivity index is 1.31. The lowest BCUT2D eigenvalue weighted by molar-refractivity contribution is -0.151. The summed E-state index contributed by atoms with van der Waals surface area (Å²) in [5.41, 5.74) is 0.387. The normalized spacial score (nSPS) is 26.1. The molecule has 284 valence electrons. The number of benzene rings is 2. The number of rotatable bonds is 18. The van der Waals surface area contributed by atoms with Crippen LogP contribution in [0, 0.1) is 11.8 Å². The van der Waals surface area contributed by atoms with Crippen LogP contribution in [0.25, 0.3) is 0 Å². The van der Waals surface area contributed by atoms with Crippen molar-refractivity contribution in [2.45, 2.75) is 61.9 Å². The van der Waals surface area contributed by atoms with Gasteiger partial charge in [0, 0.05) is 39.1 Å². The molecule has 0 unspecified atom stereocenters. The van der Waals surface area contributed by atoms with Gasteiger partial charge in [0.1, 0.15) is 18.2 Å². The number of morpholine rings is 1. The minimum atomic E-state index is -1.26. The zero-order valence-corrected chi connectivity index (χ0v) is 30.4. The Kier molecular flexibility index (Phi) is 12.8. The van der Waals surface area contributed by atoms with Crippen LogP contribution in [0.15, 0.2) is 86.0 Å². The van der Waals surface area contributed by atoms with Crippen molar-refractivity contribution in [1.29, 1.82) is 0 Å². The smallest absolute Gasteiger partial charge is 0.306 e. The Morgan fingerprint density at radius 1 is 1.06 bits per heavy atom. The summed E-state index contributed by atoms with van der Waals surface area (Å²) in [5, 5.41) is 14.0. The number of amides is 3. The molecule has 3 amide bonds. The lowest BCUT2D eigenvalue weighted by atomic mass is 9.70. The van der Waals surface area contributed by atoms with E-state index in [1.54, 1.807) is 17.1 Å². The molecule has 2 N–H and O–H groups in total. The molecule has 2 aromatic carbocycles. The lowest BCUT2D eigenvalue weighted by Crippen LogP contribution is -2.59. The van der Waals surface area contributed by atoms with Crippen LogP contribution < -0.4 is 5.32 Å². The molecule has 0 saturated carbocycles. The van der Waals surface area contributed by atoms with Crippen LogP contribution in [0.5, 0.6) is 0 Å². The van der Waals surface area contributed by atoms with Gasteiger partial charge in [-0.1, -0.05) is 72.8 Å². The fourth-order valence-electron chi connectivity index (χ4n) is 8.55. The molecule has 1 spiro atoms. The monoisotopic (exact) mass is 728 g/mol. The molecule has 2 aromatic rings. The van der Waals surface area contributed by atoms with Crippen molar-refractivity contribution in [2.24, 2.45) is 11.8 Å². The van der Waals surface area contributed by atoms with Gasteiger partial charge in [-0.15, -0.1) is 13.2 Å². The molecule has 0 radical (unpaired) electrons. The number of allylic oxidation sites excluding steroid dienone is 1. The van der Waals surface area contributed by atoms with Gasteiger partial charge in [0.25, 0.3) is 0 Å². The number of nitrogens with one attached hydrogen (secondary N) is 1. The first-order chi connectivity index (χ1) is 25.8. The fraction of sp³-hybridized carbons (Fsp3) is 0.512. The van der Waals surface area contributed by atoms with E-state index < -0.39 is 53.5 Å². The minimum absolute atomic E-state index is 0.0930. The summed E-state index contributed by atoms with van der Waals surface area (Å²) in [6, 6.07) is 16.3. The van der Waals surface area contributed by atoms with Gasteiger partial charge < -0.3 is 34.4 Å². The molecule has 7 atom stereocenters. The average Bonchev–Trinajstić information content (AvgIpc) is 3.84. The molecule has 6 rings (SSSR count). The Morgan fingerprint density at radius 3 is 2.45 bits per heavy atom. The third kappa shape index (κ3) is 8.26. The van der Waals surface area contributed by atoms with Crippen LogP contribution in [-0.2, 0) is 39.8 Å². The first-order valence-corrected chi connectivity index (χ1v) is 18.8. The number of nitrogens with zero attached hydrogens (tertiary/aromatic N) is 3. The predicted octanol–water partition coefficient (Wildman–Crippen LogP) is 2.68. The predicted molar refractivity (Wildman–Crippen MR) is 197 cm³/mol. The number of likely N-dealkylation sites (tertiary alicyclic amines) is 1. The molecule has 4 aliphatic heterocycles. The number of hydrogen-bond acceptors (Lipinski definition) is 9. The van der Waals surface area contributed by atoms with Crippen molar-refractivity contribution in [3.8, 4) is 0 Å². The molecule has 4 aliphatic rings. The van der Waals surface area contributed by atoms with Crippen LogP contribution in [0.4, 0.5) is 0 Å². The maximum Gasteiger partial charge on any atom is 0.306 e. The zero-order valence-electron chi connectivity index (χ0n) is 30.4. The van der Waals surface area contributed by atoms with Crippen molar-refractivity contribution in [1.82, 2.24) is 20.0 Å². The molecular weight excluding hydrogens is 676 g/mol. The Bertz CT molecular complexity index is 1600. The van der Waals surface area contributed by atoms with Gasteiger partial charge in [0.05, 0.1) is 49.8 Å². The van der Waals surface area contributed by atoms with Crippen molar-refractivity contribution >= 4 is 23.7 Å². The topological polar surface area (TPSA) is 138 Å². The van der Waals surface area contributed by atoms with Crippen molar-refractivity contribution in [3.63, 3.8) is 0 Å². The standard InChI is InChI=1S/C41H52N4O8/c1-3-5-16-34(47)52-28-32(30-14-10-7-11-15-30)42-38(48)35-33-17-18-41(53-33)36(35)39(49)45(31(27-46)26-29-12-8-6-9-13-29)37(41)40(50)44(19-4-2)21-20-43-22-24-51-25-23-43/h3-4,6-15,31-33,35-37,46H,1-2,5,16-28H2,(H,42,48)/t31-,32+,33+,35-,36-,37+,41-/m1/s1. The highest BCUT2D eigenvalue weighted by Crippen LogP contribution is 2.59. The summed E-state index contributed by atoms with van der Waals surface area (Å²) in [6.07, 6.45) is 4.61. The number of aliphatic hydroxyl groups excluding tert-OH is 1. The molecule has 12 heteroatoms. The van der Waals surface area contributed by atoms with E-state index in [0.29, 0.717) is 52.0 Å². The van der Waals surface area contributed by atoms with Crippen LogP contribution in [0.3, 0.4) is 0 Å². The third-order valence-corrected chi connectivity index (χ3v) is 11.1. The molecule has 2 bridgehead atoms. The van der Waals surface area contributed by atoms with Crippen molar-refractivity contribution in [2.75, 3.05) is 59.2 Å². The van der Waals surface area contributed by atoms with Crippen LogP contribution in [0.2, 0.25) is 0 Å². The van der Waals surface area contributed by atoms with E-state index in [4.69, 9.17) is 14.2 Å². The highest BCUT2D eigenvalue weighted by molar-refractivity contribution is 5.99. The summed E-state index contributed by atoms with van der Waals surface area (Å²) in [5.74, 6) is -3.31. The van der Waals surface area contributed by atoms with E-state index in [2.05, 4.69) is 23.4 Å². The number of esters is 1. The Morgan fingerprint density at radius 2 is 1.77 bits per heavy atom. The van der Waals surface area contributed by atoms with E-state index in [1.807, 2.05) is 60.7 Å².